The van der Waals surface area contributed by atoms with E-state index in [-0.39, 0.29) is 17.5 Å². The van der Waals surface area contributed by atoms with Gasteiger partial charge in [-0.25, -0.2) is 9.59 Å². The standard InChI is InChI=1S/C40H26O6/c41-38(42)22-23-13-14-28(31-8-2-1-7-27(23)31)24-19-25(29-15-17-36(39(43)44)34-11-5-3-9-32(29)34)21-26(20-24)30-16-18-37(40(45)46)35-12-6-4-10-33(30)35/h1-21H,22H2,(H,41,42)(H,43,44)(H,45,46). The zero-order valence-electron chi connectivity index (χ0n) is 24.4. The molecule has 0 aliphatic heterocycles. The van der Waals surface area contributed by atoms with Gasteiger partial charge in [0.1, 0.15) is 0 Å². The Labute approximate surface area is 263 Å². The van der Waals surface area contributed by atoms with E-state index in [4.69, 9.17) is 0 Å². The number of hydrogen-bond donors (Lipinski definition) is 3. The van der Waals surface area contributed by atoms with Crippen LogP contribution >= 0.6 is 0 Å². The molecule has 0 radical (unpaired) electrons. The Balaban J connectivity index is 1.55. The second kappa shape index (κ2) is 11.3. The van der Waals surface area contributed by atoms with Gasteiger partial charge in [0.25, 0.3) is 0 Å². The van der Waals surface area contributed by atoms with Crippen molar-refractivity contribution >= 4 is 50.2 Å². The number of carbonyl (C=O) groups is 3. The highest BCUT2D eigenvalue weighted by Gasteiger charge is 2.18. The maximum atomic E-state index is 12.1. The lowest BCUT2D eigenvalue weighted by atomic mass is 9.87. The Kier molecular flexibility index (Phi) is 7.02. The molecular formula is C40H26O6. The fourth-order valence-corrected chi connectivity index (χ4v) is 6.50. The molecule has 0 saturated heterocycles. The molecule has 0 aliphatic rings. The average molecular weight is 603 g/mol. The van der Waals surface area contributed by atoms with Crippen molar-refractivity contribution in [1.29, 1.82) is 0 Å². The summed E-state index contributed by atoms with van der Waals surface area (Å²) >= 11 is 0. The number of aliphatic carboxylic acids is 1. The zero-order valence-corrected chi connectivity index (χ0v) is 24.4. The van der Waals surface area contributed by atoms with Crippen LogP contribution < -0.4 is 0 Å². The second-order valence-corrected chi connectivity index (χ2v) is 11.2. The highest BCUT2D eigenvalue weighted by Crippen LogP contribution is 2.41. The minimum Gasteiger partial charge on any atom is -0.481 e. The monoisotopic (exact) mass is 602 g/mol. The maximum Gasteiger partial charge on any atom is 0.336 e. The molecule has 0 bridgehead atoms. The van der Waals surface area contributed by atoms with E-state index in [1.807, 2.05) is 84.9 Å². The van der Waals surface area contributed by atoms with E-state index < -0.39 is 17.9 Å². The van der Waals surface area contributed by atoms with E-state index in [0.717, 1.165) is 54.9 Å². The van der Waals surface area contributed by atoms with Crippen LogP contribution in [0.3, 0.4) is 0 Å². The molecule has 222 valence electrons. The minimum atomic E-state index is -1.00. The molecule has 0 atom stereocenters. The Morgan fingerprint density at radius 2 is 0.761 bits per heavy atom. The lowest BCUT2D eigenvalue weighted by Gasteiger charge is -2.17. The Bertz CT molecular complexity index is 2270. The van der Waals surface area contributed by atoms with Crippen LogP contribution in [0, 0.1) is 0 Å². The molecule has 0 aliphatic carbocycles. The van der Waals surface area contributed by atoms with Gasteiger partial charge in [-0.15, -0.1) is 0 Å². The summed E-state index contributed by atoms with van der Waals surface area (Å²) in [6, 6.07) is 39.5. The second-order valence-electron chi connectivity index (χ2n) is 11.2. The third-order valence-corrected chi connectivity index (χ3v) is 8.53. The molecule has 0 amide bonds. The first-order chi connectivity index (χ1) is 22.3. The molecule has 6 heteroatoms. The maximum absolute atomic E-state index is 12.1. The molecule has 46 heavy (non-hydrogen) atoms. The van der Waals surface area contributed by atoms with E-state index in [9.17, 15) is 29.7 Å². The number of carboxylic acids is 3. The van der Waals surface area contributed by atoms with Crippen LogP contribution in [0.1, 0.15) is 26.3 Å². The summed E-state index contributed by atoms with van der Waals surface area (Å²) in [7, 11) is 0. The summed E-state index contributed by atoms with van der Waals surface area (Å²) < 4.78 is 0. The number of rotatable bonds is 7. The largest absolute Gasteiger partial charge is 0.481 e. The summed E-state index contributed by atoms with van der Waals surface area (Å²) in [4.78, 5) is 35.8. The summed E-state index contributed by atoms with van der Waals surface area (Å²) in [6.07, 6.45) is -0.101. The normalized spacial score (nSPS) is 11.2. The smallest absolute Gasteiger partial charge is 0.336 e. The van der Waals surface area contributed by atoms with Crippen LogP contribution in [0.5, 0.6) is 0 Å². The van der Waals surface area contributed by atoms with E-state index in [1.54, 1.807) is 24.3 Å². The van der Waals surface area contributed by atoms with Crippen LogP contribution in [0.2, 0.25) is 0 Å². The van der Waals surface area contributed by atoms with Gasteiger partial charge in [0.2, 0.25) is 0 Å². The van der Waals surface area contributed by atoms with Crippen LogP contribution in [0.15, 0.2) is 127 Å². The van der Waals surface area contributed by atoms with Gasteiger partial charge in [-0.1, -0.05) is 97.1 Å². The zero-order chi connectivity index (χ0) is 31.9. The van der Waals surface area contributed by atoms with Crippen LogP contribution in [-0.4, -0.2) is 33.2 Å². The van der Waals surface area contributed by atoms with Crippen molar-refractivity contribution in [3.05, 3.63) is 144 Å². The molecule has 7 aromatic rings. The quantitative estimate of drug-likeness (QED) is 0.168. The highest BCUT2D eigenvalue weighted by atomic mass is 16.4. The lowest BCUT2D eigenvalue weighted by Crippen LogP contribution is -2.01. The van der Waals surface area contributed by atoms with E-state index in [0.29, 0.717) is 16.3 Å². The van der Waals surface area contributed by atoms with Crippen molar-refractivity contribution in [2.24, 2.45) is 0 Å². The van der Waals surface area contributed by atoms with Crippen molar-refractivity contribution in [3.63, 3.8) is 0 Å². The van der Waals surface area contributed by atoms with Crippen molar-refractivity contribution < 1.29 is 29.7 Å². The van der Waals surface area contributed by atoms with Crippen molar-refractivity contribution in [2.75, 3.05) is 0 Å². The van der Waals surface area contributed by atoms with Gasteiger partial charge in [-0.05, 0) is 102 Å². The number of benzene rings is 7. The van der Waals surface area contributed by atoms with Gasteiger partial charge in [0, 0.05) is 0 Å². The van der Waals surface area contributed by atoms with Gasteiger partial charge >= 0.3 is 17.9 Å². The molecule has 7 rings (SSSR count). The van der Waals surface area contributed by atoms with Crippen LogP contribution in [0.25, 0.3) is 65.7 Å². The van der Waals surface area contributed by atoms with Crippen LogP contribution in [0.4, 0.5) is 0 Å². The Hall–Kier alpha value is -6.27. The van der Waals surface area contributed by atoms with E-state index in [1.165, 1.54) is 0 Å². The summed E-state index contributed by atoms with van der Waals surface area (Å²) in [5.41, 5.74) is 6.33. The molecule has 0 aromatic heterocycles. The summed E-state index contributed by atoms with van der Waals surface area (Å²) in [5, 5.41) is 33.9. The first-order valence-corrected chi connectivity index (χ1v) is 14.7. The van der Waals surface area contributed by atoms with Gasteiger partial charge in [-0.2, -0.15) is 0 Å². The SMILES string of the molecule is O=C(O)Cc1ccc(-c2cc(-c3ccc(C(=O)O)c4ccccc34)cc(-c3ccc(C(=O)O)c4ccccc34)c2)c2ccccc12. The highest BCUT2D eigenvalue weighted by molar-refractivity contribution is 6.11. The fourth-order valence-electron chi connectivity index (χ4n) is 6.50. The summed E-state index contributed by atoms with van der Waals surface area (Å²) in [6.45, 7) is 0. The van der Waals surface area contributed by atoms with Gasteiger partial charge in [0.05, 0.1) is 17.5 Å². The molecular weight excluding hydrogens is 576 g/mol. The first kappa shape index (κ1) is 28.5. The van der Waals surface area contributed by atoms with Crippen molar-refractivity contribution in [1.82, 2.24) is 0 Å². The van der Waals surface area contributed by atoms with Crippen LogP contribution in [-0.2, 0) is 11.2 Å². The molecule has 0 heterocycles. The molecule has 6 nitrogen and oxygen atoms in total. The van der Waals surface area contributed by atoms with E-state index >= 15 is 0 Å². The van der Waals surface area contributed by atoms with Gasteiger partial charge in [-0.3, -0.25) is 4.79 Å². The van der Waals surface area contributed by atoms with Gasteiger partial charge in [0.15, 0.2) is 0 Å². The molecule has 0 saturated carbocycles. The molecule has 7 aromatic carbocycles. The third-order valence-electron chi connectivity index (χ3n) is 8.53. The van der Waals surface area contributed by atoms with Crippen molar-refractivity contribution in [2.45, 2.75) is 6.42 Å². The predicted molar refractivity (Wildman–Crippen MR) is 181 cm³/mol. The van der Waals surface area contributed by atoms with Gasteiger partial charge < -0.3 is 15.3 Å². The average Bonchev–Trinajstić information content (AvgIpc) is 3.06. The van der Waals surface area contributed by atoms with E-state index in [2.05, 4.69) is 18.2 Å². The Morgan fingerprint density at radius 3 is 1.15 bits per heavy atom. The molecule has 0 fully saturated rings. The minimum absolute atomic E-state index is 0.101. The molecule has 0 spiro atoms. The number of carboxylic acid groups (broad SMARTS) is 3. The number of fused-ring (bicyclic) bond motifs is 3. The number of aromatic carboxylic acids is 2. The Morgan fingerprint density at radius 1 is 0.413 bits per heavy atom. The van der Waals surface area contributed by atoms with Crippen molar-refractivity contribution in [3.8, 4) is 33.4 Å². The molecule has 0 unspecified atom stereocenters. The fraction of sp³-hybridized carbons (Fsp3) is 0.0250. The first-order valence-electron chi connectivity index (χ1n) is 14.7. The summed E-state index contributed by atoms with van der Waals surface area (Å²) in [5.74, 6) is -2.92. The molecule has 3 N–H and O–H groups in total. The number of hydrogen-bond acceptors (Lipinski definition) is 3. The predicted octanol–water partition coefficient (Wildman–Crippen LogP) is 9.17. The third kappa shape index (κ3) is 4.92. The topological polar surface area (TPSA) is 112 Å². The lowest BCUT2D eigenvalue weighted by molar-refractivity contribution is -0.136.